The highest BCUT2D eigenvalue weighted by atomic mass is 19.1. The summed E-state index contributed by atoms with van der Waals surface area (Å²) in [6.07, 6.45) is 1.47. The summed E-state index contributed by atoms with van der Waals surface area (Å²) in [5.74, 6) is -3.87. The average molecular weight is 450 g/mol. The van der Waals surface area contributed by atoms with Crippen molar-refractivity contribution in [1.29, 1.82) is 5.26 Å². The number of nitrogens with one attached hydrogen (secondary N) is 2. The third-order valence-electron chi connectivity index (χ3n) is 4.62. The van der Waals surface area contributed by atoms with E-state index in [1.807, 2.05) is 6.07 Å². The van der Waals surface area contributed by atoms with Crippen LogP contribution in [0.4, 0.5) is 40.7 Å². The fraction of sp³-hybridized carbons (Fsp3) is 0.0435. The third-order valence-corrected chi connectivity index (χ3v) is 4.62. The largest absolute Gasteiger partial charge is 0.335 e. The Labute approximate surface area is 185 Å². The topological polar surface area (TPSA) is 86.5 Å². The van der Waals surface area contributed by atoms with Crippen molar-refractivity contribution in [3.63, 3.8) is 0 Å². The molecule has 2 aromatic heterocycles. The predicted molar refractivity (Wildman–Crippen MR) is 114 cm³/mol. The zero-order valence-electron chi connectivity index (χ0n) is 17.0. The van der Waals surface area contributed by atoms with Gasteiger partial charge in [-0.05, 0) is 54.4 Å². The highest BCUT2D eigenvalue weighted by molar-refractivity contribution is 5.70. The summed E-state index contributed by atoms with van der Waals surface area (Å²) < 4.78 is 56.2. The second-order valence-corrected chi connectivity index (χ2v) is 6.98. The first-order chi connectivity index (χ1) is 15.8. The number of anilines is 4. The lowest BCUT2D eigenvalue weighted by Crippen LogP contribution is -2.05. The monoisotopic (exact) mass is 450 g/mol. The molecule has 33 heavy (non-hydrogen) atoms. The molecular weight excluding hydrogens is 436 g/mol. The van der Waals surface area contributed by atoms with E-state index in [2.05, 4.69) is 25.6 Å². The molecule has 0 saturated carbocycles. The lowest BCUT2D eigenvalue weighted by atomic mass is 10.1. The number of aryl methyl sites for hydroxylation is 1. The molecule has 4 aromatic rings. The summed E-state index contributed by atoms with van der Waals surface area (Å²) in [6, 6.07) is 12.2. The molecule has 2 aromatic carbocycles. The maximum atomic E-state index is 14.7. The zero-order chi connectivity index (χ0) is 23.5. The molecule has 2 N–H and O–H groups in total. The van der Waals surface area contributed by atoms with Gasteiger partial charge in [-0.1, -0.05) is 0 Å². The lowest BCUT2D eigenvalue weighted by molar-refractivity contribution is 0.513. The van der Waals surface area contributed by atoms with Gasteiger partial charge in [0.2, 0.25) is 17.8 Å². The number of aromatic nitrogens is 3. The summed E-state index contributed by atoms with van der Waals surface area (Å²) in [7, 11) is 0. The Bertz CT molecular complexity index is 1340. The van der Waals surface area contributed by atoms with Crippen LogP contribution in [0.5, 0.6) is 0 Å². The van der Waals surface area contributed by atoms with E-state index in [0.29, 0.717) is 16.8 Å². The van der Waals surface area contributed by atoms with Gasteiger partial charge in [0.1, 0.15) is 23.1 Å². The van der Waals surface area contributed by atoms with Crippen molar-refractivity contribution in [3.05, 3.63) is 89.4 Å². The number of nitriles is 1. The number of rotatable bonds is 5. The van der Waals surface area contributed by atoms with Gasteiger partial charge < -0.3 is 10.6 Å². The maximum Gasteiger partial charge on any atom is 0.229 e. The standard InChI is InChI=1S/C23H14F4N6/c1-12-11-29-23(30-16-4-2-13(10-28)3-5-16)33-22(12)32-21-17(24)6-14(7-18(21)25)15-8-19(26)31-20(27)9-15/h2-9,11H,1H3,(H2,29,30,32,33). The van der Waals surface area contributed by atoms with E-state index in [1.54, 1.807) is 31.2 Å². The molecule has 2 heterocycles. The van der Waals surface area contributed by atoms with Gasteiger partial charge in [0, 0.05) is 29.6 Å². The maximum absolute atomic E-state index is 14.7. The summed E-state index contributed by atoms with van der Waals surface area (Å²) in [5.41, 5.74) is 1.01. The van der Waals surface area contributed by atoms with Gasteiger partial charge in [0.05, 0.1) is 11.6 Å². The van der Waals surface area contributed by atoms with Crippen LogP contribution in [0.15, 0.2) is 54.7 Å². The Hall–Kier alpha value is -4.52. The van der Waals surface area contributed by atoms with Crippen LogP contribution in [0, 0.1) is 41.8 Å². The van der Waals surface area contributed by atoms with Crippen LogP contribution in [0.2, 0.25) is 0 Å². The number of benzene rings is 2. The molecule has 0 atom stereocenters. The summed E-state index contributed by atoms with van der Waals surface area (Å²) in [6.45, 7) is 1.65. The fourth-order valence-corrected chi connectivity index (χ4v) is 3.00. The first-order valence-corrected chi connectivity index (χ1v) is 9.53. The van der Waals surface area contributed by atoms with Crippen molar-refractivity contribution in [2.24, 2.45) is 0 Å². The SMILES string of the molecule is Cc1cnc(Nc2ccc(C#N)cc2)nc1Nc1c(F)cc(-c2cc(F)nc(F)c2)cc1F. The first-order valence-electron chi connectivity index (χ1n) is 9.53. The van der Waals surface area contributed by atoms with Gasteiger partial charge in [-0.3, -0.25) is 0 Å². The van der Waals surface area contributed by atoms with Crippen LogP contribution in [0.3, 0.4) is 0 Å². The van der Waals surface area contributed by atoms with Crippen LogP contribution in [-0.2, 0) is 0 Å². The number of nitrogens with zero attached hydrogens (tertiary/aromatic N) is 4. The molecule has 0 radical (unpaired) electrons. The van der Waals surface area contributed by atoms with E-state index in [4.69, 9.17) is 5.26 Å². The van der Waals surface area contributed by atoms with Crippen molar-refractivity contribution in [3.8, 4) is 17.2 Å². The molecule has 0 aliphatic heterocycles. The lowest BCUT2D eigenvalue weighted by Gasteiger charge is -2.13. The van der Waals surface area contributed by atoms with Crippen LogP contribution < -0.4 is 10.6 Å². The zero-order valence-corrected chi connectivity index (χ0v) is 17.0. The van der Waals surface area contributed by atoms with E-state index < -0.39 is 29.2 Å². The van der Waals surface area contributed by atoms with Crippen LogP contribution in [0.25, 0.3) is 11.1 Å². The molecule has 0 aliphatic rings. The second kappa shape index (κ2) is 8.92. The highest BCUT2D eigenvalue weighted by Gasteiger charge is 2.16. The number of hydrogen-bond donors (Lipinski definition) is 2. The van der Waals surface area contributed by atoms with E-state index in [-0.39, 0.29) is 22.9 Å². The molecule has 6 nitrogen and oxygen atoms in total. The Morgan fingerprint density at radius 1 is 0.818 bits per heavy atom. The smallest absolute Gasteiger partial charge is 0.229 e. The predicted octanol–water partition coefficient (Wildman–Crippen LogP) is 5.76. The van der Waals surface area contributed by atoms with Crippen molar-refractivity contribution in [2.75, 3.05) is 10.6 Å². The minimum atomic E-state index is -1.10. The van der Waals surface area contributed by atoms with E-state index in [9.17, 15) is 17.6 Å². The number of hydrogen-bond acceptors (Lipinski definition) is 6. The van der Waals surface area contributed by atoms with Crippen molar-refractivity contribution >= 4 is 23.1 Å². The molecule has 164 valence electrons. The minimum absolute atomic E-state index is 0.0571. The van der Waals surface area contributed by atoms with E-state index in [1.165, 1.54) is 6.20 Å². The van der Waals surface area contributed by atoms with Crippen molar-refractivity contribution in [1.82, 2.24) is 15.0 Å². The molecule has 0 unspecified atom stereocenters. The molecule has 0 aliphatic carbocycles. The normalized spacial score (nSPS) is 10.5. The van der Waals surface area contributed by atoms with Gasteiger partial charge in [-0.15, -0.1) is 0 Å². The highest BCUT2D eigenvalue weighted by Crippen LogP contribution is 2.30. The average Bonchev–Trinajstić information content (AvgIpc) is 2.78. The first kappa shape index (κ1) is 21.7. The Morgan fingerprint density at radius 2 is 1.42 bits per heavy atom. The van der Waals surface area contributed by atoms with Gasteiger partial charge in [0.25, 0.3) is 0 Å². The Balaban J connectivity index is 1.61. The summed E-state index contributed by atoms with van der Waals surface area (Å²) in [5, 5.41) is 14.4. The molecule has 0 amide bonds. The van der Waals surface area contributed by atoms with E-state index in [0.717, 1.165) is 24.3 Å². The second-order valence-electron chi connectivity index (χ2n) is 6.98. The molecule has 4 rings (SSSR count). The van der Waals surface area contributed by atoms with Crippen LogP contribution in [-0.4, -0.2) is 15.0 Å². The molecule has 0 bridgehead atoms. The quantitative estimate of drug-likeness (QED) is 0.297. The van der Waals surface area contributed by atoms with Crippen LogP contribution >= 0.6 is 0 Å². The Morgan fingerprint density at radius 3 is 2.03 bits per heavy atom. The minimum Gasteiger partial charge on any atom is -0.335 e. The van der Waals surface area contributed by atoms with Gasteiger partial charge in [-0.25, -0.2) is 13.8 Å². The molecule has 0 fully saturated rings. The van der Waals surface area contributed by atoms with Crippen molar-refractivity contribution < 1.29 is 17.6 Å². The third kappa shape index (κ3) is 4.88. The molecular formula is C23H14F4N6. The van der Waals surface area contributed by atoms with Gasteiger partial charge in [0.15, 0.2) is 0 Å². The van der Waals surface area contributed by atoms with Gasteiger partial charge >= 0.3 is 0 Å². The fourth-order valence-electron chi connectivity index (χ4n) is 3.00. The Kier molecular flexibility index (Phi) is 5.87. The van der Waals surface area contributed by atoms with E-state index >= 15 is 0 Å². The van der Waals surface area contributed by atoms with Crippen molar-refractivity contribution in [2.45, 2.75) is 6.92 Å². The molecule has 10 heteroatoms. The summed E-state index contributed by atoms with van der Waals surface area (Å²) in [4.78, 5) is 11.4. The number of pyridine rings is 1. The molecule has 0 saturated heterocycles. The van der Waals surface area contributed by atoms with Crippen LogP contribution in [0.1, 0.15) is 11.1 Å². The summed E-state index contributed by atoms with van der Waals surface area (Å²) >= 11 is 0. The number of halogens is 4. The van der Waals surface area contributed by atoms with Gasteiger partial charge in [-0.2, -0.15) is 24.0 Å². The molecule has 0 spiro atoms.